The number of aromatic nitrogens is 1. The van der Waals surface area contributed by atoms with Crippen molar-refractivity contribution in [3.8, 4) is 0 Å². The number of likely N-dealkylation sites (tertiary alicyclic amines) is 1. The van der Waals surface area contributed by atoms with Crippen LogP contribution in [0.2, 0.25) is 0 Å². The molecule has 0 radical (unpaired) electrons. The van der Waals surface area contributed by atoms with Gasteiger partial charge in [-0.25, -0.2) is 4.98 Å². The SMILES string of the molecule is CC(=O)NC1=C(c2nc3ccccc3s2)C2CCN(CC(C)C)CC2S1. The van der Waals surface area contributed by atoms with Gasteiger partial charge >= 0.3 is 0 Å². The summed E-state index contributed by atoms with van der Waals surface area (Å²) in [6, 6.07) is 8.29. The van der Waals surface area contributed by atoms with E-state index in [1.807, 2.05) is 17.8 Å². The highest BCUT2D eigenvalue weighted by Gasteiger charge is 2.41. The Morgan fingerprint density at radius 3 is 2.92 bits per heavy atom. The summed E-state index contributed by atoms with van der Waals surface area (Å²) in [6.45, 7) is 9.52. The summed E-state index contributed by atoms with van der Waals surface area (Å²) in [4.78, 5) is 19.2. The first-order valence-electron chi connectivity index (χ1n) is 9.28. The molecule has 1 N–H and O–H groups in total. The van der Waals surface area contributed by atoms with Crippen LogP contribution in [0.5, 0.6) is 0 Å². The molecule has 1 amide bonds. The molecular weight excluding hydrogens is 362 g/mol. The van der Waals surface area contributed by atoms with E-state index in [1.54, 1.807) is 18.3 Å². The molecule has 4 rings (SSSR count). The van der Waals surface area contributed by atoms with Crippen molar-refractivity contribution < 1.29 is 4.79 Å². The quantitative estimate of drug-likeness (QED) is 0.854. The third-order valence-corrected chi connectivity index (χ3v) is 7.37. The summed E-state index contributed by atoms with van der Waals surface area (Å²) in [5.74, 6) is 1.17. The number of carbonyl (C=O) groups excluding carboxylic acids is 1. The fourth-order valence-electron chi connectivity index (χ4n) is 4.00. The maximum atomic E-state index is 11.8. The number of amides is 1. The Bertz CT molecular complexity index is 825. The number of rotatable bonds is 4. The van der Waals surface area contributed by atoms with E-state index in [0.717, 1.165) is 41.6 Å². The third-order valence-electron chi connectivity index (χ3n) is 4.97. The number of fused-ring (bicyclic) bond motifs is 2. The van der Waals surface area contributed by atoms with E-state index >= 15 is 0 Å². The minimum Gasteiger partial charge on any atom is -0.321 e. The van der Waals surface area contributed by atoms with Crippen LogP contribution in [0.15, 0.2) is 29.3 Å². The van der Waals surface area contributed by atoms with Crippen molar-refractivity contribution >= 4 is 44.8 Å². The second-order valence-electron chi connectivity index (χ2n) is 7.62. The molecule has 4 nitrogen and oxygen atoms in total. The van der Waals surface area contributed by atoms with Crippen LogP contribution in [-0.2, 0) is 4.79 Å². The average molecular weight is 388 g/mol. The molecule has 2 unspecified atom stereocenters. The summed E-state index contributed by atoms with van der Waals surface area (Å²) in [5.41, 5.74) is 2.31. The monoisotopic (exact) mass is 387 g/mol. The predicted octanol–water partition coefficient (Wildman–Crippen LogP) is 4.19. The highest BCUT2D eigenvalue weighted by molar-refractivity contribution is 8.04. The number of para-hydroxylation sites is 1. The lowest BCUT2D eigenvalue weighted by Crippen LogP contribution is -2.42. The first-order chi connectivity index (χ1) is 12.5. The van der Waals surface area contributed by atoms with Crippen LogP contribution in [0, 0.1) is 11.8 Å². The molecule has 1 aromatic carbocycles. The Labute approximate surface area is 163 Å². The van der Waals surface area contributed by atoms with E-state index in [4.69, 9.17) is 4.98 Å². The fourth-order valence-corrected chi connectivity index (χ4v) is 6.74. The van der Waals surface area contributed by atoms with E-state index in [-0.39, 0.29) is 5.91 Å². The van der Waals surface area contributed by atoms with Crippen LogP contribution >= 0.6 is 23.1 Å². The summed E-state index contributed by atoms with van der Waals surface area (Å²) in [6.07, 6.45) is 1.14. The number of benzene rings is 1. The van der Waals surface area contributed by atoms with E-state index in [1.165, 1.54) is 10.3 Å². The van der Waals surface area contributed by atoms with E-state index in [0.29, 0.717) is 17.1 Å². The van der Waals surface area contributed by atoms with Crippen molar-refractivity contribution in [3.63, 3.8) is 0 Å². The topological polar surface area (TPSA) is 45.2 Å². The molecule has 0 aliphatic carbocycles. The largest absolute Gasteiger partial charge is 0.321 e. The van der Waals surface area contributed by atoms with Crippen LogP contribution in [0.3, 0.4) is 0 Å². The minimum atomic E-state index is 0.00351. The Morgan fingerprint density at radius 2 is 2.19 bits per heavy atom. The van der Waals surface area contributed by atoms with Gasteiger partial charge in [0.25, 0.3) is 0 Å². The van der Waals surface area contributed by atoms with Gasteiger partial charge in [-0.3, -0.25) is 4.79 Å². The summed E-state index contributed by atoms with van der Waals surface area (Å²) in [5, 5.41) is 5.71. The summed E-state index contributed by atoms with van der Waals surface area (Å²) < 4.78 is 1.21. The van der Waals surface area contributed by atoms with Crippen LogP contribution in [0.1, 0.15) is 32.2 Å². The molecular formula is C20H25N3OS2. The summed E-state index contributed by atoms with van der Waals surface area (Å²) in [7, 11) is 0. The van der Waals surface area contributed by atoms with Gasteiger partial charge in [0.1, 0.15) is 5.01 Å². The Morgan fingerprint density at radius 1 is 1.38 bits per heavy atom. The van der Waals surface area contributed by atoms with Gasteiger partial charge in [0.2, 0.25) is 5.91 Å². The number of hydrogen-bond acceptors (Lipinski definition) is 5. The van der Waals surface area contributed by atoms with Gasteiger partial charge in [-0.2, -0.15) is 0 Å². The van der Waals surface area contributed by atoms with Crippen LogP contribution in [0.25, 0.3) is 15.8 Å². The van der Waals surface area contributed by atoms with E-state index < -0.39 is 0 Å². The van der Waals surface area contributed by atoms with Crippen molar-refractivity contribution in [1.82, 2.24) is 15.2 Å². The Hall–Kier alpha value is -1.37. The van der Waals surface area contributed by atoms with Crippen LogP contribution < -0.4 is 5.32 Å². The lowest BCUT2D eigenvalue weighted by molar-refractivity contribution is -0.118. The number of piperidine rings is 1. The zero-order valence-electron chi connectivity index (χ0n) is 15.5. The average Bonchev–Trinajstić information content (AvgIpc) is 3.13. The van der Waals surface area contributed by atoms with Gasteiger partial charge < -0.3 is 10.2 Å². The zero-order chi connectivity index (χ0) is 18.3. The molecule has 0 spiro atoms. The maximum Gasteiger partial charge on any atom is 0.221 e. The lowest BCUT2D eigenvalue weighted by atomic mass is 9.89. The fraction of sp³-hybridized carbons (Fsp3) is 0.500. The molecule has 2 aliphatic heterocycles. The number of hydrogen-bond donors (Lipinski definition) is 1. The van der Waals surface area contributed by atoms with Crippen molar-refractivity contribution in [3.05, 3.63) is 34.3 Å². The third kappa shape index (κ3) is 3.55. The number of carbonyl (C=O) groups is 1. The first-order valence-corrected chi connectivity index (χ1v) is 11.0. The molecule has 0 bridgehead atoms. The molecule has 2 aliphatic rings. The van der Waals surface area contributed by atoms with Crippen molar-refractivity contribution in [2.75, 3.05) is 19.6 Å². The molecule has 2 aromatic rings. The summed E-state index contributed by atoms with van der Waals surface area (Å²) >= 11 is 3.58. The molecule has 2 atom stereocenters. The van der Waals surface area contributed by atoms with Crippen LogP contribution in [0.4, 0.5) is 0 Å². The van der Waals surface area contributed by atoms with Crippen LogP contribution in [-0.4, -0.2) is 40.7 Å². The molecule has 26 heavy (non-hydrogen) atoms. The Kier molecular flexibility index (Phi) is 5.08. The molecule has 0 saturated carbocycles. The Balaban J connectivity index is 1.66. The highest BCUT2D eigenvalue weighted by Crippen LogP contribution is 2.50. The maximum absolute atomic E-state index is 11.8. The standard InChI is InChI=1S/C20H25N3OS2/c1-12(2)10-23-9-8-14-17(11-23)26-19(21-13(3)24)18(14)20-22-15-6-4-5-7-16(15)25-20/h4-7,12,14,17H,8-11H2,1-3H3,(H,21,24). The number of thiazole rings is 1. The van der Waals surface area contributed by atoms with Crippen molar-refractivity contribution in [1.29, 1.82) is 0 Å². The van der Waals surface area contributed by atoms with E-state index in [2.05, 4.69) is 42.3 Å². The highest BCUT2D eigenvalue weighted by atomic mass is 32.2. The number of thioether (sulfide) groups is 1. The molecule has 138 valence electrons. The van der Waals surface area contributed by atoms with Gasteiger partial charge in [0.05, 0.1) is 15.2 Å². The molecule has 3 heterocycles. The predicted molar refractivity (Wildman–Crippen MR) is 111 cm³/mol. The molecule has 1 saturated heterocycles. The zero-order valence-corrected chi connectivity index (χ0v) is 17.1. The first kappa shape index (κ1) is 18.0. The number of nitrogens with zero attached hydrogens (tertiary/aromatic N) is 2. The number of allylic oxidation sites excluding steroid dienone is 1. The lowest BCUT2D eigenvalue weighted by Gasteiger charge is -2.36. The van der Waals surface area contributed by atoms with Gasteiger partial charge in [-0.05, 0) is 31.0 Å². The molecule has 1 fully saturated rings. The molecule has 1 aromatic heterocycles. The smallest absolute Gasteiger partial charge is 0.221 e. The second-order valence-corrected chi connectivity index (χ2v) is 9.90. The second kappa shape index (κ2) is 7.33. The van der Waals surface area contributed by atoms with Crippen molar-refractivity contribution in [2.24, 2.45) is 11.8 Å². The van der Waals surface area contributed by atoms with Crippen molar-refractivity contribution in [2.45, 2.75) is 32.4 Å². The minimum absolute atomic E-state index is 0.00351. The number of nitrogens with one attached hydrogen (secondary N) is 1. The van der Waals surface area contributed by atoms with Gasteiger partial charge in [-0.1, -0.05) is 26.0 Å². The molecule has 6 heteroatoms. The van der Waals surface area contributed by atoms with E-state index in [9.17, 15) is 4.79 Å². The van der Waals surface area contributed by atoms with Gasteiger partial charge in [-0.15, -0.1) is 23.1 Å². The van der Waals surface area contributed by atoms with Gasteiger partial charge in [0, 0.05) is 36.8 Å². The normalized spacial score (nSPS) is 23.7. The van der Waals surface area contributed by atoms with Gasteiger partial charge in [0.15, 0.2) is 0 Å².